The van der Waals surface area contributed by atoms with Crippen LogP contribution in [0.2, 0.25) is 10.0 Å². The Labute approximate surface area is 245 Å². The number of oxime groups is 1. The number of cyclic esters (lactones) is 1. The van der Waals surface area contributed by atoms with Crippen LogP contribution in [0, 0.1) is 0 Å². The average molecular weight is 599 g/mol. The van der Waals surface area contributed by atoms with Crippen LogP contribution in [-0.2, 0) is 19.2 Å². The molecule has 12 heteroatoms. The number of amides is 1. The van der Waals surface area contributed by atoms with E-state index in [1.165, 1.54) is 11.8 Å². The number of esters is 1. The first-order valence-corrected chi connectivity index (χ1v) is 14.4. The molecule has 6 rings (SSSR count). The highest BCUT2D eigenvalue weighted by molar-refractivity contribution is 8.17. The van der Waals surface area contributed by atoms with E-state index >= 15 is 0 Å². The molecule has 4 heterocycles. The third-order valence-corrected chi connectivity index (χ3v) is 8.44. The lowest BCUT2D eigenvalue weighted by Crippen LogP contribution is -2.51. The van der Waals surface area contributed by atoms with Crippen molar-refractivity contribution < 1.29 is 19.2 Å². The summed E-state index contributed by atoms with van der Waals surface area (Å²) in [5.41, 5.74) is 3.53. The number of aromatic nitrogens is 1. The van der Waals surface area contributed by atoms with Gasteiger partial charge in [-0.2, -0.15) is 0 Å². The number of carbonyl (C=O) groups excluding carboxylic acids is 2. The number of hydrogen-bond donors (Lipinski definition) is 1. The van der Waals surface area contributed by atoms with Gasteiger partial charge in [-0.25, -0.2) is 0 Å². The zero-order chi connectivity index (χ0) is 27.6. The number of amidine groups is 1. The fourth-order valence-electron chi connectivity index (χ4n) is 4.94. The predicted octanol–water partition coefficient (Wildman–Crippen LogP) is 5.38. The summed E-state index contributed by atoms with van der Waals surface area (Å²) >= 11 is 14.0. The minimum atomic E-state index is -0.638. The average Bonchev–Trinajstić information content (AvgIpc) is 3.41. The smallest absolute Gasteiger partial charge is 0.306 e. The van der Waals surface area contributed by atoms with Gasteiger partial charge in [-0.3, -0.25) is 14.6 Å². The Morgan fingerprint density at radius 2 is 1.90 bits per heavy atom. The number of fused-ring (bicyclic) bond motifs is 1. The number of ether oxygens (including phenoxy) is 1. The molecular weight excluding hydrogens is 573 g/mol. The van der Waals surface area contributed by atoms with Crippen molar-refractivity contribution in [2.75, 3.05) is 43.0 Å². The van der Waals surface area contributed by atoms with Crippen LogP contribution < -0.4 is 10.2 Å². The van der Waals surface area contributed by atoms with Crippen LogP contribution in [0.1, 0.15) is 18.4 Å². The summed E-state index contributed by atoms with van der Waals surface area (Å²) in [6, 6.07) is 13.4. The molecule has 0 spiro atoms. The molecular formula is C28H25Cl2N5O4S. The Balaban J connectivity index is 1.17. The molecule has 2 aromatic carbocycles. The van der Waals surface area contributed by atoms with Gasteiger partial charge in [-0.1, -0.05) is 40.5 Å². The van der Waals surface area contributed by atoms with Crippen molar-refractivity contribution in [2.45, 2.75) is 18.9 Å². The molecule has 1 aromatic heterocycles. The van der Waals surface area contributed by atoms with Crippen molar-refractivity contribution in [1.82, 2.24) is 9.88 Å². The normalized spacial score (nSPS) is 20.4. The minimum absolute atomic E-state index is 0.0968. The van der Waals surface area contributed by atoms with Crippen LogP contribution in [0.4, 0.5) is 11.4 Å². The lowest BCUT2D eigenvalue weighted by Gasteiger charge is -2.37. The van der Waals surface area contributed by atoms with Crippen LogP contribution >= 0.6 is 35.0 Å². The molecule has 0 bridgehead atoms. The molecule has 0 aliphatic carbocycles. The molecule has 206 valence electrons. The maximum Gasteiger partial charge on any atom is 0.306 e. The van der Waals surface area contributed by atoms with E-state index < -0.39 is 6.10 Å². The van der Waals surface area contributed by atoms with E-state index in [-0.39, 0.29) is 11.9 Å². The lowest BCUT2D eigenvalue weighted by molar-refractivity contribution is -0.153. The Morgan fingerprint density at radius 3 is 2.65 bits per heavy atom. The zero-order valence-electron chi connectivity index (χ0n) is 21.3. The van der Waals surface area contributed by atoms with Gasteiger partial charge < -0.3 is 24.7 Å². The summed E-state index contributed by atoms with van der Waals surface area (Å²) in [7, 11) is 0. The number of anilines is 2. The second-order valence-electron chi connectivity index (χ2n) is 9.54. The zero-order valence-corrected chi connectivity index (χ0v) is 23.6. The van der Waals surface area contributed by atoms with E-state index in [1.54, 1.807) is 23.1 Å². The monoisotopic (exact) mass is 597 g/mol. The third kappa shape index (κ3) is 5.70. The fourth-order valence-corrected chi connectivity index (χ4v) is 6.23. The molecule has 0 saturated carbocycles. The molecule has 1 N–H and O–H groups in total. The van der Waals surface area contributed by atoms with Crippen molar-refractivity contribution >= 4 is 80.4 Å². The summed E-state index contributed by atoms with van der Waals surface area (Å²) in [5, 5.41) is 9.82. The van der Waals surface area contributed by atoms with E-state index in [4.69, 9.17) is 32.8 Å². The highest BCUT2D eigenvalue weighted by atomic mass is 35.5. The lowest BCUT2D eigenvalue weighted by atomic mass is 10.1. The van der Waals surface area contributed by atoms with Gasteiger partial charge in [0, 0.05) is 61.2 Å². The summed E-state index contributed by atoms with van der Waals surface area (Å²) in [4.78, 5) is 39.3. The largest absolute Gasteiger partial charge is 0.452 e. The van der Waals surface area contributed by atoms with Crippen LogP contribution in [0.5, 0.6) is 0 Å². The number of piperazine rings is 1. The van der Waals surface area contributed by atoms with Crippen molar-refractivity contribution in [3.63, 3.8) is 0 Å². The van der Waals surface area contributed by atoms with E-state index in [0.29, 0.717) is 66.5 Å². The van der Waals surface area contributed by atoms with Crippen LogP contribution in [0.15, 0.2) is 58.7 Å². The van der Waals surface area contributed by atoms with Crippen LogP contribution in [0.25, 0.3) is 17.0 Å². The van der Waals surface area contributed by atoms with Gasteiger partial charge in [-0.05, 0) is 53.7 Å². The maximum absolute atomic E-state index is 12.8. The Hall–Kier alpha value is -3.47. The van der Waals surface area contributed by atoms with Gasteiger partial charge in [0.2, 0.25) is 5.17 Å². The molecule has 9 nitrogen and oxygen atoms in total. The van der Waals surface area contributed by atoms with Crippen molar-refractivity contribution in [3.05, 3.63) is 69.2 Å². The number of benzene rings is 2. The van der Waals surface area contributed by atoms with Crippen molar-refractivity contribution in [2.24, 2.45) is 5.16 Å². The van der Waals surface area contributed by atoms with Crippen molar-refractivity contribution in [3.8, 4) is 0 Å². The summed E-state index contributed by atoms with van der Waals surface area (Å²) in [5.74, 6) is -0.394. The number of rotatable bonds is 4. The molecule has 1 amide bonds. The predicted molar refractivity (Wildman–Crippen MR) is 159 cm³/mol. The molecule has 3 aliphatic heterocycles. The summed E-state index contributed by atoms with van der Waals surface area (Å²) < 4.78 is 5.18. The SMILES string of the molecule is O=C1CC[C@@H](C(=O)N2CCN(c3ccnc4ccc(/C=C5/CON=C(Nc6c(Cl)cccc6Cl)S5)cc34)CC2)O1. The molecule has 3 aromatic rings. The van der Waals surface area contributed by atoms with Crippen LogP contribution in [-0.4, -0.2) is 65.8 Å². The quantitative estimate of drug-likeness (QED) is 0.400. The Kier molecular flexibility index (Phi) is 7.73. The molecule has 0 radical (unpaired) electrons. The molecule has 3 aliphatic rings. The Morgan fingerprint density at radius 1 is 1.10 bits per heavy atom. The summed E-state index contributed by atoms with van der Waals surface area (Å²) in [6.07, 6.45) is 4.00. The molecule has 40 heavy (non-hydrogen) atoms. The maximum atomic E-state index is 12.8. The second kappa shape index (κ2) is 11.6. The Bertz CT molecular complexity index is 1520. The standard InChI is InChI=1S/C28H25Cl2N5O4S/c29-20-2-1-3-21(30)26(20)32-28-33-38-16-18(40-28)14-17-4-5-22-19(15-17)23(8-9-31-22)34-10-12-35(13-11-34)27(37)24-6-7-25(36)39-24/h1-5,8-9,14-15,24H,6-7,10-13,16H2,(H,32,33)/b18-14-/t24-/m0/s1. The van der Waals surface area contributed by atoms with Gasteiger partial charge in [0.05, 0.1) is 21.2 Å². The van der Waals surface area contributed by atoms with E-state index in [0.717, 1.165) is 27.1 Å². The number of carbonyl (C=O) groups is 2. The molecule has 1 atom stereocenters. The first-order chi connectivity index (χ1) is 19.4. The van der Waals surface area contributed by atoms with Gasteiger partial charge >= 0.3 is 5.97 Å². The highest BCUT2D eigenvalue weighted by Crippen LogP contribution is 2.34. The topological polar surface area (TPSA) is 96.4 Å². The van der Waals surface area contributed by atoms with Crippen LogP contribution in [0.3, 0.4) is 0 Å². The number of pyridine rings is 1. The van der Waals surface area contributed by atoms with Gasteiger partial charge in [0.15, 0.2) is 6.10 Å². The number of thioether (sulfide) groups is 1. The number of hydrogen-bond acceptors (Lipinski definition) is 9. The number of nitrogens with zero attached hydrogens (tertiary/aromatic N) is 4. The molecule has 2 fully saturated rings. The van der Waals surface area contributed by atoms with Crippen molar-refractivity contribution in [1.29, 1.82) is 0 Å². The van der Waals surface area contributed by atoms with Gasteiger partial charge in [0.1, 0.15) is 6.61 Å². The molecule has 2 saturated heterocycles. The fraction of sp³-hybridized carbons (Fsp3) is 0.286. The first-order valence-electron chi connectivity index (χ1n) is 12.9. The van der Waals surface area contributed by atoms with Gasteiger partial charge in [0.25, 0.3) is 5.91 Å². The number of nitrogens with one attached hydrogen (secondary N) is 1. The first kappa shape index (κ1) is 26.7. The van der Waals surface area contributed by atoms with Gasteiger partial charge in [-0.15, -0.1) is 0 Å². The number of para-hydroxylation sites is 1. The minimum Gasteiger partial charge on any atom is -0.452 e. The second-order valence-corrected chi connectivity index (χ2v) is 11.5. The number of halogens is 2. The molecule has 0 unspecified atom stereocenters. The van der Waals surface area contributed by atoms with E-state index in [1.807, 2.05) is 24.4 Å². The van der Waals surface area contributed by atoms with E-state index in [9.17, 15) is 9.59 Å². The third-order valence-electron chi connectivity index (χ3n) is 6.94. The van der Waals surface area contributed by atoms with E-state index in [2.05, 4.69) is 32.5 Å². The summed E-state index contributed by atoms with van der Waals surface area (Å²) in [6.45, 7) is 2.83. The highest BCUT2D eigenvalue weighted by Gasteiger charge is 2.34.